The molecule has 2 bridgehead atoms. The zero-order valence-corrected chi connectivity index (χ0v) is 14.5. The lowest BCUT2D eigenvalue weighted by atomic mass is 9.94. The number of rotatable bonds is 4. The number of benzene rings is 1. The average molecular weight is 337 g/mol. The molecule has 4 nitrogen and oxygen atoms in total. The summed E-state index contributed by atoms with van der Waals surface area (Å²) in [5, 5.41) is 13.4. The molecule has 2 unspecified atom stereocenters. The minimum atomic E-state index is -0.230. The molecule has 2 fully saturated rings. The number of fused-ring (bicyclic) bond motifs is 2. The maximum absolute atomic E-state index is 12.4. The minimum absolute atomic E-state index is 0.0214. The van der Waals surface area contributed by atoms with Crippen molar-refractivity contribution in [3.05, 3.63) is 28.8 Å². The zero-order valence-electron chi connectivity index (χ0n) is 13.8. The first-order valence-electron chi connectivity index (χ1n) is 8.56. The highest BCUT2D eigenvalue weighted by molar-refractivity contribution is 6.31. The lowest BCUT2D eigenvalue weighted by Crippen LogP contribution is -2.53. The average Bonchev–Trinajstić information content (AvgIpc) is 2.80. The van der Waals surface area contributed by atoms with Crippen LogP contribution in [0.3, 0.4) is 0 Å². The minimum Gasteiger partial charge on any atom is -0.507 e. The molecule has 2 heterocycles. The molecule has 4 atom stereocenters. The standard InChI is InChI=1S/C18H25ClN2O2/c1-3-11(2)21-14-5-6-15(21)10-13(9-14)20-18(23)16-8-12(19)4-7-17(16)22/h4,7-8,11,13-15,22H,3,5-6,9-10H2,1-2H3,(H,20,23)/t11?,13?,14-,15+. The van der Waals surface area contributed by atoms with E-state index in [1.54, 1.807) is 6.07 Å². The van der Waals surface area contributed by atoms with Crippen molar-refractivity contribution < 1.29 is 9.90 Å². The Morgan fingerprint density at radius 1 is 1.39 bits per heavy atom. The SMILES string of the molecule is CCC(C)N1[C@@H]2CC[C@H]1CC(NC(=O)c1cc(Cl)ccc1O)C2. The second-order valence-electron chi connectivity index (χ2n) is 6.89. The van der Waals surface area contributed by atoms with Crippen molar-refractivity contribution >= 4 is 17.5 Å². The Labute approximate surface area is 142 Å². The van der Waals surface area contributed by atoms with E-state index in [0.717, 1.165) is 12.8 Å². The van der Waals surface area contributed by atoms with Crippen molar-refractivity contribution in [2.45, 2.75) is 70.1 Å². The largest absolute Gasteiger partial charge is 0.507 e. The van der Waals surface area contributed by atoms with Gasteiger partial charge in [-0.25, -0.2) is 0 Å². The molecular formula is C18H25ClN2O2. The molecule has 0 radical (unpaired) electrons. The predicted molar refractivity (Wildman–Crippen MR) is 92.0 cm³/mol. The number of nitrogens with zero attached hydrogens (tertiary/aromatic N) is 1. The van der Waals surface area contributed by atoms with E-state index in [1.807, 2.05) is 0 Å². The van der Waals surface area contributed by atoms with Crippen LogP contribution in [0.1, 0.15) is 56.3 Å². The number of phenolic OH excluding ortho intramolecular Hbond substituents is 1. The summed E-state index contributed by atoms with van der Waals surface area (Å²) in [6.07, 6.45) is 5.61. The van der Waals surface area contributed by atoms with E-state index in [-0.39, 0.29) is 23.3 Å². The highest BCUT2D eigenvalue weighted by atomic mass is 35.5. The fraction of sp³-hybridized carbons (Fsp3) is 0.611. The summed E-state index contributed by atoms with van der Waals surface area (Å²) < 4.78 is 0. The van der Waals surface area contributed by atoms with Crippen LogP contribution >= 0.6 is 11.6 Å². The van der Waals surface area contributed by atoms with Gasteiger partial charge in [-0.1, -0.05) is 18.5 Å². The fourth-order valence-electron chi connectivity index (χ4n) is 4.21. The first-order chi connectivity index (χ1) is 11.0. The second kappa shape index (κ2) is 6.70. The number of hydrogen-bond donors (Lipinski definition) is 2. The van der Waals surface area contributed by atoms with Crippen molar-refractivity contribution in [3.8, 4) is 5.75 Å². The number of carbonyl (C=O) groups is 1. The molecule has 2 saturated heterocycles. The number of aromatic hydroxyl groups is 1. The molecule has 1 amide bonds. The van der Waals surface area contributed by atoms with E-state index in [1.165, 1.54) is 31.4 Å². The van der Waals surface area contributed by atoms with Gasteiger partial charge in [0.25, 0.3) is 5.91 Å². The van der Waals surface area contributed by atoms with Crippen LogP contribution in [-0.2, 0) is 0 Å². The Morgan fingerprint density at radius 2 is 2.04 bits per heavy atom. The summed E-state index contributed by atoms with van der Waals surface area (Å²) in [5.41, 5.74) is 0.259. The van der Waals surface area contributed by atoms with Gasteiger partial charge in [0, 0.05) is 29.2 Å². The number of phenols is 1. The molecular weight excluding hydrogens is 312 g/mol. The molecule has 0 aliphatic carbocycles. The van der Waals surface area contributed by atoms with Crippen LogP contribution in [-0.4, -0.2) is 40.1 Å². The summed E-state index contributed by atoms with van der Waals surface area (Å²) in [6, 6.07) is 6.50. The van der Waals surface area contributed by atoms with E-state index < -0.39 is 0 Å². The third-order valence-electron chi connectivity index (χ3n) is 5.43. The maximum atomic E-state index is 12.4. The van der Waals surface area contributed by atoms with Gasteiger partial charge in [0.15, 0.2) is 0 Å². The van der Waals surface area contributed by atoms with Crippen molar-refractivity contribution in [1.29, 1.82) is 0 Å². The van der Waals surface area contributed by atoms with E-state index in [2.05, 4.69) is 24.1 Å². The Morgan fingerprint density at radius 3 is 2.65 bits per heavy atom. The molecule has 2 aliphatic heterocycles. The number of carbonyl (C=O) groups excluding carboxylic acids is 1. The number of halogens is 1. The Bertz CT molecular complexity index is 578. The first-order valence-corrected chi connectivity index (χ1v) is 8.94. The van der Waals surface area contributed by atoms with Crippen molar-refractivity contribution in [3.63, 3.8) is 0 Å². The quantitative estimate of drug-likeness (QED) is 0.883. The topological polar surface area (TPSA) is 52.6 Å². The lowest BCUT2D eigenvalue weighted by molar-refractivity contribution is 0.0681. The molecule has 0 aromatic heterocycles. The number of nitrogens with one attached hydrogen (secondary N) is 1. The molecule has 23 heavy (non-hydrogen) atoms. The van der Waals surface area contributed by atoms with E-state index in [9.17, 15) is 9.90 Å². The van der Waals surface area contributed by atoms with Crippen LogP contribution in [0.4, 0.5) is 0 Å². The van der Waals surface area contributed by atoms with Gasteiger partial charge in [-0.3, -0.25) is 9.69 Å². The Kier molecular flexibility index (Phi) is 4.83. The molecule has 1 aromatic rings. The Hall–Kier alpha value is -1.26. The van der Waals surface area contributed by atoms with Gasteiger partial charge in [0.2, 0.25) is 0 Å². The summed E-state index contributed by atoms with van der Waals surface area (Å²) >= 11 is 5.93. The fourth-order valence-corrected chi connectivity index (χ4v) is 4.39. The molecule has 2 aliphatic rings. The smallest absolute Gasteiger partial charge is 0.255 e. The maximum Gasteiger partial charge on any atom is 0.255 e. The van der Waals surface area contributed by atoms with E-state index in [0.29, 0.717) is 23.1 Å². The molecule has 2 N–H and O–H groups in total. The third-order valence-corrected chi connectivity index (χ3v) is 5.66. The number of amides is 1. The zero-order chi connectivity index (χ0) is 16.6. The summed E-state index contributed by atoms with van der Waals surface area (Å²) in [5.74, 6) is -0.252. The molecule has 0 saturated carbocycles. The van der Waals surface area contributed by atoms with Gasteiger partial charge in [-0.15, -0.1) is 0 Å². The molecule has 126 valence electrons. The van der Waals surface area contributed by atoms with Gasteiger partial charge >= 0.3 is 0 Å². The number of piperidine rings is 1. The summed E-state index contributed by atoms with van der Waals surface area (Å²) in [6.45, 7) is 4.54. The van der Waals surface area contributed by atoms with Crippen LogP contribution in [0.15, 0.2) is 18.2 Å². The van der Waals surface area contributed by atoms with Gasteiger partial charge in [0.1, 0.15) is 5.75 Å². The van der Waals surface area contributed by atoms with Crippen molar-refractivity contribution in [2.75, 3.05) is 0 Å². The summed E-state index contributed by atoms with van der Waals surface area (Å²) in [4.78, 5) is 15.1. The van der Waals surface area contributed by atoms with Gasteiger partial charge in [-0.05, 0) is 57.2 Å². The molecule has 3 rings (SSSR count). The van der Waals surface area contributed by atoms with Gasteiger partial charge < -0.3 is 10.4 Å². The number of hydrogen-bond acceptors (Lipinski definition) is 3. The van der Waals surface area contributed by atoms with Crippen LogP contribution in [0.5, 0.6) is 5.75 Å². The van der Waals surface area contributed by atoms with Gasteiger partial charge in [-0.2, -0.15) is 0 Å². The summed E-state index contributed by atoms with van der Waals surface area (Å²) in [7, 11) is 0. The predicted octanol–water partition coefficient (Wildman–Crippen LogP) is 3.57. The second-order valence-corrected chi connectivity index (χ2v) is 7.33. The van der Waals surface area contributed by atoms with Crippen molar-refractivity contribution in [1.82, 2.24) is 10.2 Å². The highest BCUT2D eigenvalue weighted by Gasteiger charge is 2.42. The monoisotopic (exact) mass is 336 g/mol. The van der Waals surface area contributed by atoms with Crippen molar-refractivity contribution in [2.24, 2.45) is 0 Å². The molecule has 1 aromatic carbocycles. The normalized spacial score (nSPS) is 28.6. The highest BCUT2D eigenvalue weighted by Crippen LogP contribution is 2.38. The van der Waals surface area contributed by atoms with Crippen LogP contribution < -0.4 is 5.32 Å². The third kappa shape index (κ3) is 3.33. The van der Waals surface area contributed by atoms with Crippen LogP contribution in [0.25, 0.3) is 0 Å². The van der Waals surface area contributed by atoms with Crippen LogP contribution in [0.2, 0.25) is 5.02 Å². The lowest BCUT2D eigenvalue weighted by Gasteiger charge is -2.42. The Balaban J connectivity index is 1.66. The first kappa shape index (κ1) is 16.6. The molecule has 0 spiro atoms. The van der Waals surface area contributed by atoms with E-state index >= 15 is 0 Å². The van der Waals surface area contributed by atoms with E-state index in [4.69, 9.17) is 11.6 Å². The van der Waals surface area contributed by atoms with Gasteiger partial charge in [0.05, 0.1) is 5.56 Å². The molecule has 5 heteroatoms. The van der Waals surface area contributed by atoms with Crippen LogP contribution in [0, 0.1) is 0 Å².